The van der Waals surface area contributed by atoms with Crippen LogP contribution in [-0.4, -0.2) is 237 Å². The number of nitrogens with zero attached hydrogens (tertiary/aromatic N) is 2. The van der Waals surface area contributed by atoms with Gasteiger partial charge in [-0.25, -0.2) is 5.06 Å². The molecule has 9 heterocycles. The molecule has 3 saturated heterocycles. The molecule has 1 aromatic heterocycles. The Kier molecular flexibility index (Phi) is 26.8. The van der Waals surface area contributed by atoms with Crippen LogP contribution in [0.1, 0.15) is 118 Å². The monoisotopic (exact) mass is 1730 g/mol. The van der Waals surface area contributed by atoms with E-state index in [-0.39, 0.29) is 70.1 Å². The Hall–Kier alpha value is -10.7. The van der Waals surface area contributed by atoms with E-state index in [2.05, 4.69) is 42.4 Å². The first-order valence-corrected chi connectivity index (χ1v) is 39.7. The Balaban J connectivity index is 0.969. The summed E-state index contributed by atoms with van der Waals surface area (Å²) in [6, 6.07) is 10.7. The molecule has 8 aliphatic heterocycles. The van der Waals surface area contributed by atoms with Gasteiger partial charge in [-0.1, -0.05) is 90.7 Å². The number of hydrogen-bond donors (Lipinski definition) is 20. The molecule has 7 amide bonds. The van der Waals surface area contributed by atoms with Gasteiger partial charge in [0.1, 0.15) is 120 Å². The number of nitrogens with two attached hydrogens (primary N) is 2. The Morgan fingerprint density at radius 3 is 2.00 bits per heavy atom. The minimum atomic E-state index is -2.39. The number of hydrogen-bond acceptors (Lipinski definition) is 31. The SMILES string of the molecule is CN[C@H](CC(C)C)C(=O)N[C@H]1C(=O)NC(CC(N)=O)C(=O)N[C@H]2C(=O)N[C@H]3C(=O)N[C@H](C(=O)N(O)[C@@H](C(C)=O)c4cc(O)cc(O)c4-c4cc3ccc4O)C([C@H]3C[C@](C)(N)[C@@H](O)[C@H](C)O3)c3ccc(c(Cl)c3)Oc3cc2cc(c3O[C@@H]2OC[C@@H](O[C@@H]3OC(CNCc4cc(-c5ccccc5)no4)[C@H](O)[C@H](O)[C@H]3O)[C@H](O)[C@H]2O)Oc2ccc(cc2Cl)[C@H]1O. The Labute approximate surface area is 705 Å². The van der Waals surface area contributed by atoms with Crippen molar-refractivity contribution in [1.82, 2.24) is 47.4 Å². The van der Waals surface area contributed by atoms with Gasteiger partial charge >= 0.3 is 0 Å². The fraction of sp³-hybridized carbons (Fsp3) is 0.427. The highest BCUT2D eigenvalue weighted by Crippen LogP contribution is 2.51. The van der Waals surface area contributed by atoms with Crippen molar-refractivity contribution in [3.63, 3.8) is 0 Å². The number of halogens is 2. The molecule has 22 N–H and O–H groups in total. The van der Waals surface area contributed by atoms with Crippen LogP contribution in [0.2, 0.25) is 10.0 Å². The van der Waals surface area contributed by atoms with E-state index in [1.807, 2.05) is 44.2 Å². The van der Waals surface area contributed by atoms with E-state index in [1.54, 1.807) is 6.07 Å². The molecule has 3 unspecified atom stereocenters. The number of aliphatic hydroxyl groups is 7. The van der Waals surface area contributed by atoms with Crippen molar-refractivity contribution in [2.45, 2.75) is 194 Å². The summed E-state index contributed by atoms with van der Waals surface area (Å²) in [5.41, 5.74) is 9.84. The molecule has 8 aliphatic rings. The van der Waals surface area contributed by atoms with Gasteiger partial charge in [0.2, 0.25) is 47.5 Å². The third-order valence-electron chi connectivity index (χ3n) is 22.2. The molecule has 0 radical (unpaired) electrons. The van der Waals surface area contributed by atoms with Crippen molar-refractivity contribution < 1.29 is 132 Å². The topological polar surface area (TPSA) is 589 Å². The zero-order chi connectivity index (χ0) is 87.9. The number of amides is 7. The maximum Gasteiger partial charge on any atom is 0.270 e. The Bertz CT molecular complexity index is 5130. The number of ether oxygens (including phenoxy) is 7. The van der Waals surface area contributed by atoms with E-state index in [4.69, 9.17) is 72.4 Å². The summed E-state index contributed by atoms with van der Waals surface area (Å²) in [4.78, 5) is 121. The van der Waals surface area contributed by atoms with Gasteiger partial charge < -0.3 is 137 Å². The summed E-state index contributed by atoms with van der Waals surface area (Å²) in [5.74, 6) is -16.7. The first kappa shape index (κ1) is 89.0. The third kappa shape index (κ3) is 18.8. The number of benzene rings is 6. The van der Waals surface area contributed by atoms with Crippen LogP contribution in [0.4, 0.5) is 0 Å². The summed E-state index contributed by atoms with van der Waals surface area (Å²) in [5, 5.41) is 151. The third-order valence-corrected chi connectivity index (χ3v) is 22.7. The number of phenolic OH excluding ortho intramolecular Hbond substituents is 3. The minimum Gasteiger partial charge on any atom is -0.508 e. The van der Waals surface area contributed by atoms with Crippen molar-refractivity contribution >= 4 is 70.3 Å². The number of aromatic hydroxyl groups is 3. The van der Waals surface area contributed by atoms with Gasteiger partial charge in [-0.3, -0.25) is 43.6 Å². The first-order valence-electron chi connectivity index (χ1n) is 38.9. The number of hydroxylamine groups is 2. The molecule has 122 heavy (non-hydrogen) atoms. The number of aliphatic hydroxyl groups excluding tert-OH is 7. The Morgan fingerprint density at radius 2 is 1.35 bits per heavy atom. The van der Waals surface area contributed by atoms with E-state index in [0.717, 1.165) is 61.0 Å². The van der Waals surface area contributed by atoms with Gasteiger partial charge in [-0.15, -0.1) is 0 Å². The van der Waals surface area contributed by atoms with E-state index in [0.29, 0.717) is 11.5 Å². The highest BCUT2D eigenvalue weighted by atomic mass is 35.5. The van der Waals surface area contributed by atoms with Gasteiger partial charge in [-0.2, -0.15) is 0 Å². The van der Waals surface area contributed by atoms with E-state index >= 15 is 24.0 Å². The first-order chi connectivity index (χ1) is 57.9. The summed E-state index contributed by atoms with van der Waals surface area (Å²) in [7, 11) is 1.47. The molecule has 11 bridgehead atoms. The molecule has 40 heteroatoms. The molecule has 38 nitrogen and oxygen atoms in total. The maximum atomic E-state index is 16.4. The van der Waals surface area contributed by atoms with Crippen LogP contribution in [0.15, 0.2) is 120 Å². The van der Waals surface area contributed by atoms with Crippen LogP contribution in [0.3, 0.4) is 0 Å². The number of phenols is 3. The molecule has 7 aromatic rings. The summed E-state index contributed by atoms with van der Waals surface area (Å²) < 4.78 is 50.2. The lowest BCUT2D eigenvalue weighted by atomic mass is 9.75. The number of fused-ring (bicyclic) bond motifs is 15. The fourth-order valence-electron chi connectivity index (χ4n) is 15.9. The molecule has 0 spiro atoms. The van der Waals surface area contributed by atoms with E-state index < -0.39 is 255 Å². The minimum absolute atomic E-state index is 0.0516. The molecule has 0 saturated carbocycles. The number of likely N-dealkylation sites (N-methyl/N-ethyl adjacent to an activating group) is 1. The lowest BCUT2D eigenvalue weighted by molar-refractivity contribution is -0.335. The van der Waals surface area contributed by atoms with E-state index in [9.17, 15) is 70.7 Å². The Morgan fingerprint density at radius 1 is 0.713 bits per heavy atom. The predicted octanol–water partition coefficient (Wildman–Crippen LogP) is 1.70. The lowest BCUT2D eigenvalue weighted by Gasteiger charge is -2.47. The second kappa shape index (κ2) is 36.8. The summed E-state index contributed by atoms with van der Waals surface area (Å²) >= 11 is 14.5. The smallest absolute Gasteiger partial charge is 0.270 e. The van der Waals surface area contributed by atoms with Gasteiger partial charge in [0, 0.05) is 46.8 Å². The molecule has 3 fully saturated rings. The van der Waals surface area contributed by atoms with Gasteiger partial charge in [-0.05, 0) is 129 Å². The van der Waals surface area contributed by atoms with Gasteiger partial charge in [0.15, 0.2) is 29.3 Å². The molecule has 15 rings (SSSR count). The van der Waals surface area contributed by atoms with Crippen molar-refractivity contribution in [2.75, 3.05) is 20.2 Å². The number of ketones is 1. The quantitative estimate of drug-likeness (QED) is 0.0544. The number of Topliss-reactive ketones (excluding diaryl/α,β-unsaturated/α-hetero) is 1. The second-order valence-electron chi connectivity index (χ2n) is 31.6. The van der Waals surface area contributed by atoms with Gasteiger partial charge in [0.05, 0.1) is 54.0 Å². The van der Waals surface area contributed by atoms with Crippen LogP contribution in [-0.2, 0) is 63.8 Å². The maximum absolute atomic E-state index is 16.4. The average molecular weight is 1740 g/mol. The van der Waals surface area contributed by atoms with Crippen molar-refractivity contribution in [2.24, 2.45) is 17.4 Å². The number of carbonyl (C=O) groups is 8. The highest BCUT2D eigenvalue weighted by molar-refractivity contribution is 6.32. The molecule has 0 aliphatic carbocycles. The number of primary amides is 1. The molecule has 6 aromatic carbocycles. The van der Waals surface area contributed by atoms with Crippen LogP contribution >= 0.6 is 23.2 Å². The number of nitrogens with one attached hydrogen (secondary N) is 7. The number of aromatic nitrogens is 1. The largest absolute Gasteiger partial charge is 0.508 e. The van der Waals surface area contributed by atoms with Crippen LogP contribution in [0.5, 0.6) is 46.0 Å². The van der Waals surface area contributed by atoms with Crippen LogP contribution in [0.25, 0.3) is 22.4 Å². The lowest BCUT2D eigenvalue weighted by Crippen LogP contribution is -2.63. The molecule has 22 atom stereocenters. The normalized spacial score (nSPS) is 29.7. The number of rotatable bonds is 18. The zero-order valence-corrected chi connectivity index (χ0v) is 67.7. The van der Waals surface area contributed by atoms with Crippen molar-refractivity contribution in [3.8, 4) is 68.4 Å². The average Bonchev–Trinajstić information content (AvgIpc) is 0.779. The summed E-state index contributed by atoms with van der Waals surface area (Å²) in [6.07, 6.45) is -24.2. The standard InChI is InChI=1S/C82H93Cl2N11O27/c1-32(2)18-47(87-6)74(108)93-64-66(101)38-14-17-52(45(84)21-38)118-54-23-39-22-53(72(54)121-80-70(105)68(103)57(31-115-80)120-81-71(106)69(104)67(102)56(119-81)30-88-29-41-26-46(94-122-41)35-10-8-7-9-11-35)117-51-16-13-36(20-44(51)83)59(55-28-82(5,86)73(107)34(4)116-55)63-79(113)95(114)65(33(3)96)43-24-40(97)25-50(99)60(43)42-19-37(12-15-49(42)98)61(76(110)92-63)91-77(111)62(39)90-75(109)48(27-58(85)100)89-78(64)112/h7-17,19-26,32,34,47-48,55-57,59,61-71,73,80-81,87-88,97-99,101-107,114H,18,27-31,86H2,1-6H3,(H2,85,100)(H,89,112)(H,90,109)(H,91,111)(H,92,110)(H,93,108)/t34-,47+,48?,55+,56?,57+,59?,61+,62+,63-,64+,65-,66+,67-,68-,69-,70+,71+,73-,80-,81-,82-/m0/s1. The highest BCUT2D eigenvalue weighted by Gasteiger charge is 2.53. The van der Waals surface area contributed by atoms with Gasteiger partial charge in [0.25, 0.3) is 5.91 Å². The molecular weight excluding hydrogens is 1640 g/mol. The fourth-order valence-corrected chi connectivity index (χ4v) is 16.3. The number of carbonyl (C=O) groups excluding carboxylic acids is 8. The molecular formula is C82H93Cl2N11O27. The predicted molar refractivity (Wildman–Crippen MR) is 425 cm³/mol. The van der Waals surface area contributed by atoms with Crippen molar-refractivity contribution in [3.05, 3.63) is 159 Å². The van der Waals surface area contributed by atoms with E-state index in [1.165, 1.54) is 51.2 Å². The second-order valence-corrected chi connectivity index (χ2v) is 32.4. The molecule has 652 valence electrons. The van der Waals surface area contributed by atoms with Crippen molar-refractivity contribution in [1.29, 1.82) is 0 Å². The zero-order valence-electron chi connectivity index (χ0n) is 66.2. The van der Waals surface area contributed by atoms with Crippen LogP contribution < -0.4 is 62.9 Å². The van der Waals surface area contributed by atoms with Crippen LogP contribution in [0, 0.1) is 5.92 Å². The summed E-state index contributed by atoms with van der Waals surface area (Å²) in [6.45, 7) is 6.61.